The Labute approximate surface area is 157 Å². The highest BCUT2D eigenvalue weighted by molar-refractivity contribution is 7.98. The average Bonchev–Trinajstić information content (AvgIpc) is 2.98. The van der Waals surface area contributed by atoms with Gasteiger partial charge in [-0.3, -0.25) is 16.1 Å². The first-order valence-corrected chi connectivity index (χ1v) is 8.79. The van der Waals surface area contributed by atoms with Crippen molar-refractivity contribution in [3.05, 3.63) is 17.7 Å². The number of aliphatic imine (C=N–C) groups is 1. The van der Waals surface area contributed by atoms with Crippen LogP contribution in [0.25, 0.3) is 0 Å². The fourth-order valence-electron chi connectivity index (χ4n) is 1.42. The van der Waals surface area contributed by atoms with E-state index in [4.69, 9.17) is 21.8 Å². The Hall–Kier alpha value is -2.94. The lowest BCUT2D eigenvalue weighted by Gasteiger charge is -2.13. The molecule has 1 aromatic heterocycles. The lowest BCUT2D eigenvalue weighted by atomic mass is 10.4. The molecule has 12 heteroatoms. The molecule has 0 aromatic carbocycles. The van der Waals surface area contributed by atoms with E-state index in [1.807, 2.05) is 6.92 Å². The van der Waals surface area contributed by atoms with Gasteiger partial charge in [-0.2, -0.15) is 17.0 Å². The fraction of sp³-hybridized carbons (Fsp3) is 0.500. The van der Waals surface area contributed by atoms with Crippen LogP contribution in [-0.2, 0) is 5.75 Å². The molecule has 0 aliphatic rings. The zero-order valence-corrected chi connectivity index (χ0v) is 16.3. The highest BCUT2D eigenvalue weighted by atomic mass is 32.2. The van der Waals surface area contributed by atoms with Crippen LogP contribution < -0.4 is 21.7 Å². The van der Waals surface area contributed by atoms with Gasteiger partial charge in [0.25, 0.3) is 0 Å². The minimum atomic E-state index is -0.214. The standard InChI is InChI=1S/C10H16N6S.C4H11N5/c1-8-9(16-7-15-8)5-17-4-3-13-10(12-2)14-6-11;1-9(2)4(7)8-3(5)6/h7H,3-5H2,1-2H3,(H,15,16)(H2,12,13,14);1-2H3,(H5,5,6,7,8). The van der Waals surface area contributed by atoms with E-state index in [-0.39, 0.29) is 11.9 Å². The Morgan fingerprint density at radius 3 is 2.62 bits per heavy atom. The van der Waals surface area contributed by atoms with Gasteiger partial charge in [-0.05, 0) is 6.92 Å². The van der Waals surface area contributed by atoms with E-state index in [0.29, 0.717) is 5.96 Å². The molecule has 26 heavy (non-hydrogen) atoms. The van der Waals surface area contributed by atoms with Gasteiger partial charge >= 0.3 is 0 Å². The zero-order chi connectivity index (χ0) is 19.9. The first kappa shape index (κ1) is 23.1. The number of nitriles is 1. The van der Waals surface area contributed by atoms with E-state index < -0.39 is 0 Å². The molecule has 0 fully saturated rings. The van der Waals surface area contributed by atoms with Crippen LogP contribution in [0, 0.1) is 29.2 Å². The molecule has 0 amide bonds. The van der Waals surface area contributed by atoms with E-state index in [1.165, 1.54) is 4.90 Å². The lowest BCUT2D eigenvalue weighted by molar-refractivity contribution is 0.599. The van der Waals surface area contributed by atoms with Crippen molar-refractivity contribution in [1.82, 2.24) is 30.8 Å². The second kappa shape index (κ2) is 13.4. The number of thioether (sulfide) groups is 1. The maximum absolute atomic E-state index is 8.39. The Bertz CT molecular complexity index is 629. The summed E-state index contributed by atoms with van der Waals surface area (Å²) >= 11 is 1.79. The van der Waals surface area contributed by atoms with Crippen LogP contribution in [0.5, 0.6) is 0 Å². The number of nitrogens with two attached hydrogens (primary N) is 1. The summed E-state index contributed by atoms with van der Waals surface area (Å²) in [6.07, 6.45) is 3.44. The van der Waals surface area contributed by atoms with Crippen LogP contribution in [0.3, 0.4) is 0 Å². The first-order valence-electron chi connectivity index (χ1n) is 7.63. The normalized spacial score (nSPS) is 10.0. The van der Waals surface area contributed by atoms with Gasteiger partial charge in [-0.1, -0.05) is 0 Å². The number of rotatable bonds is 5. The van der Waals surface area contributed by atoms with E-state index in [9.17, 15) is 0 Å². The van der Waals surface area contributed by atoms with Gasteiger partial charge in [0.15, 0.2) is 11.9 Å². The van der Waals surface area contributed by atoms with Gasteiger partial charge < -0.3 is 26.3 Å². The average molecular weight is 382 g/mol. The quantitative estimate of drug-likeness (QED) is 0.155. The highest BCUT2D eigenvalue weighted by Crippen LogP contribution is 2.11. The molecule has 11 nitrogen and oxygen atoms in total. The van der Waals surface area contributed by atoms with Gasteiger partial charge in [0.2, 0.25) is 12.2 Å². The van der Waals surface area contributed by atoms with Gasteiger partial charge in [-0.15, -0.1) is 4.99 Å². The molecule has 1 aromatic rings. The van der Waals surface area contributed by atoms with E-state index in [0.717, 1.165) is 29.4 Å². The zero-order valence-electron chi connectivity index (χ0n) is 15.5. The minimum absolute atomic E-state index is 0.113. The third-order valence-corrected chi connectivity index (χ3v) is 3.78. The second-order valence-electron chi connectivity index (χ2n) is 5.05. The second-order valence-corrected chi connectivity index (χ2v) is 6.15. The Morgan fingerprint density at radius 1 is 1.50 bits per heavy atom. The van der Waals surface area contributed by atoms with Crippen LogP contribution >= 0.6 is 11.8 Å². The number of aromatic amines is 1. The number of aromatic nitrogens is 2. The van der Waals surface area contributed by atoms with E-state index in [2.05, 4.69) is 30.9 Å². The van der Waals surface area contributed by atoms with Crippen molar-refractivity contribution < 1.29 is 0 Å². The highest BCUT2D eigenvalue weighted by Gasteiger charge is 2.00. The predicted octanol–water partition coefficient (Wildman–Crippen LogP) is -0.437. The summed E-state index contributed by atoms with van der Waals surface area (Å²) in [6, 6.07) is 0. The minimum Gasteiger partial charge on any atom is -0.370 e. The molecular formula is C14H27N11S. The number of nitrogens with one attached hydrogen (secondary N) is 6. The molecule has 0 bridgehead atoms. The number of H-pyrrole nitrogens is 1. The summed E-state index contributed by atoms with van der Waals surface area (Å²) in [6.45, 7) is 2.77. The Balaban J connectivity index is 0.000000590. The molecule has 0 unspecified atom stereocenters. The lowest BCUT2D eigenvalue weighted by Crippen LogP contribution is -2.42. The van der Waals surface area contributed by atoms with Crippen LogP contribution in [0.15, 0.2) is 11.3 Å². The summed E-state index contributed by atoms with van der Waals surface area (Å²) in [5.41, 5.74) is 7.15. The number of aryl methyl sites for hydroxylation is 1. The van der Waals surface area contributed by atoms with Gasteiger partial charge in [0.1, 0.15) is 0 Å². The Kier molecular flexibility index (Phi) is 11.9. The van der Waals surface area contributed by atoms with Crippen LogP contribution in [0.2, 0.25) is 0 Å². The molecule has 0 radical (unpaired) electrons. The summed E-state index contributed by atoms with van der Waals surface area (Å²) in [5.74, 6) is 2.22. The first-order chi connectivity index (χ1) is 12.3. The topological polar surface area (TPSA) is 178 Å². The smallest absolute Gasteiger partial charge is 0.209 e. The predicted molar refractivity (Wildman–Crippen MR) is 106 cm³/mol. The van der Waals surface area contributed by atoms with Crippen LogP contribution in [0.4, 0.5) is 0 Å². The molecule has 144 valence electrons. The molecule has 0 atom stereocenters. The van der Waals surface area contributed by atoms with Gasteiger partial charge in [0, 0.05) is 44.9 Å². The van der Waals surface area contributed by atoms with Crippen LogP contribution in [-0.4, -0.2) is 66.2 Å². The molecule has 1 rings (SSSR count). The molecule has 1 heterocycles. The van der Waals surface area contributed by atoms with Crippen molar-refractivity contribution in [2.45, 2.75) is 12.7 Å². The molecule has 0 aliphatic heterocycles. The van der Waals surface area contributed by atoms with Crippen LogP contribution in [0.1, 0.15) is 11.4 Å². The largest absolute Gasteiger partial charge is 0.370 e. The fourth-order valence-corrected chi connectivity index (χ4v) is 2.29. The molecular weight excluding hydrogens is 354 g/mol. The van der Waals surface area contributed by atoms with E-state index in [1.54, 1.807) is 45.4 Å². The molecule has 0 aliphatic carbocycles. The number of guanidine groups is 3. The van der Waals surface area contributed by atoms with Crippen molar-refractivity contribution in [2.24, 2.45) is 10.7 Å². The van der Waals surface area contributed by atoms with Gasteiger partial charge in [-0.25, -0.2) is 4.98 Å². The number of hydrogen-bond donors (Lipinski definition) is 7. The summed E-state index contributed by atoms with van der Waals surface area (Å²) in [7, 11) is 5.11. The molecule has 0 saturated carbocycles. The number of imidazole rings is 1. The van der Waals surface area contributed by atoms with Crippen molar-refractivity contribution in [1.29, 1.82) is 16.1 Å². The maximum Gasteiger partial charge on any atom is 0.209 e. The molecule has 0 spiro atoms. The molecule has 0 saturated heterocycles. The monoisotopic (exact) mass is 381 g/mol. The summed E-state index contributed by atoms with van der Waals surface area (Å²) in [5, 5.41) is 30.3. The summed E-state index contributed by atoms with van der Waals surface area (Å²) < 4.78 is 0. The molecule has 8 N–H and O–H groups in total. The van der Waals surface area contributed by atoms with E-state index >= 15 is 0 Å². The third kappa shape index (κ3) is 10.8. The summed E-state index contributed by atoms with van der Waals surface area (Å²) in [4.78, 5) is 12.4. The SMILES string of the molecule is CN(C)C(=N)NC(=N)N.CN/C(=N/C#N)NCCSCc1nc[nH]c1C. The van der Waals surface area contributed by atoms with Crippen molar-refractivity contribution in [2.75, 3.05) is 33.4 Å². The Morgan fingerprint density at radius 2 is 2.19 bits per heavy atom. The van der Waals surface area contributed by atoms with Crippen molar-refractivity contribution in [3.63, 3.8) is 0 Å². The van der Waals surface area contributed by atoms with Crippen molar-refractivity contribution in [3.8, 4) is 6.19 Å². The van der Waals surface area contributed by atoms with Crippen molar-refractivity contribution >= 4 is 29.6 Å². The number of hydrogen-bond acceptors (Lipinski definition) is 6. The van der Waals surface area contributed by atoms with Gasteiger partial charge in [0.05, 0.1) is 12.0 Å². The third-order valence-electron chi connectivity index (χ3n) is 2.81. The maximum atomic E-state index is 8.39. The number of nitrogens with zero attached hydrogens (tertiary/aromatic N) is 4.